The fraction of sp³-hybridized carbons (Fsp3) is 0.364. The molecular weight excluding hydrogens is 245 g/mol. The van der Waals surface area contributed by atoms with E-state index in [0.717, 1.165) is 6.07 Å². The number of esters is 1. The summed E-state index contributed by atoms with van der Waals surface area (Å²) >= 11 is 0. The molecule has 0 spiro atoms. The Bertz CT molecular complexity index is 475. The van der Waals surface area contributed by atoms with Gasteiger partial charge in [0.05, 0.1) is 23.2 Å². The molecule has 0 radical (unpaired) electrons. The Morgan fingerprint density at radius 1 is 1.50 bits per heavy atom. The van der Waals surface area contributed by atoms with Gasteiger partial charge in [0.25, 0.3) is 5.69 Å². The van der Waals surface area contributed by atoms with E-state index in [2.05, 4.69) is 4.74 Å². The number of nitro groups is 1. The summed E-state index contributed by atoms with van der Waals surface area (Å²) in [4.78, 5) is 21.7. The number of nitrogens with zero attached hydrogens (tertiary/aromatic N) is 1. The number of carbonyl (C=O) groups excluding carboxylic acids is 1. The van der Waals surface area contributed by atoms with Crippen molar-refractivity contribution in [2.24, 2.45) is 0 Å². The second-order valence-electron chi connectivity index (χ2n) is 3.40. The van der Waals surface area contributed by atoms with Crippen LogP contribution >= 0.6 is 0 Å². The zero-order chi connectivity index (χ0) is 13.7. The highest BCUT2D eigenvalue weighted by Crippen LogP contribution is 2.29. The van der Waals surface area contributed by atoms with E-state index >= 15 is 0 Å². The smallest absolute Gasteiger partial charge is 0.338 e. The van der Waals surface area contributed by atoms with Crippen molar-refractivity contribution in [3.8, 4) is 5.75 Å². The van der Waals surface area contributed by atoms with Gasteiger partial charge in [0.2, 0.25) is 0 Å². The SMILES string of the molecule is COc1cc(C(=O)OCCF)cc([N+](=O)[O-])c1C. The van der Waals surface area contributed by atoms with Crippen LogP contribution in [0.3, 0.4) is 0 Å². The maximum atomic E-state index is 11.9. The average molecular weight is 257 g/mol. The molecule has 0 bridgehead atoms. The Morgan fingerprint density at radius 2 is 2.17 bits per heavy atom. The molecule has 0 saturated carbocycles. The van der Waals surface area contributed by atoms with Crippen LogP contribution in [-0.4, -0.2) is 31.3 Å². The molecule has 7 heteroatoms. The van der Waals surface area contributed by atoms with Crippen molar-refractivity contribution in [1.82, 2.24) is 0 Å². The quantitative estimate of drug-likeness (QED) is 0.458. The Kier molecular flexibility index (Phi) is 4.59. The standard InChI is InChI=1S/C11H12FNO5/c1-7-9(13(15)16)5-8(6-10(7)17-2)11(14)18-4-3-12/h5-6H,3-4H2,1-2H3. The van der Waals surface area contributed by atoms with Crippen molar-refractivity contribution in [3.05, 3.63) is 33.4 Å². The zero-order valence-electron chi connectivity index (χ0n) is 9.94. The van der Waals surface area contributed by atoms with E-state index in [9.17, 15) is 19.3 Å². The van der Waals surface area contributed by atoms with E-state index in [4.69, 9.17) is 4.74 Å². The monoisotopic (exact) mass is 257 g/mol. The fourth-order valence-corrected chi connectivity index (χ4v) is 1.41. The molecule has 1 rings (SSSR count). The lowest BCUT2D eigenvalue weighted by Crippen LogP contribution is -2.09. The predicted molar refractivity (Wildman–Crippen MR) is 60.6 cm³/mol. The largest absolute Gasteiger partial charge is 0.496 e. The summed E-state index contributed by atoms with van der Waals surface area (Å²) in [6.45, 7) is 0.313. The highest BCUT2D eigenvalue weighted by atomic mass is 19.1. The zero-order valence-corrected chi connectivity index (χ0v) is 9.94. The third kappa shape index (κ3) is 2.93. The molecule has 0 N–H and O–H groups in total. The maximum absolute atomic E-state index is 11.9. The predicted octanol–water partition coefficient (Wildman–Crippen LogP) is 2.04. The molecule has 0 aliphatic heterocycles. The van der Waals surface area contributed by atoms with Crippen LogP contribution in [0.4, 0.5) is 10.1 Å². The van der Waals surface area contributed by atoms with Crippen LogP contribution < -0.4 is 4.74 Å². The van der Waals surface area contributed by atoms with Gasteiger partial charge in [-0.25, -0.2) is 9.18 Å². The molecule has 18 heavy (non-hydrogen) atoms. The van der Waals surface area contributed by atoms with Crippen molar-refractivity contribution in [2.75, 3.05) is 20.4 Å². The molecular formula is C11H12FNO5. The molecule has 1 aromatic carbocycles. The minimum atomic E-state index is -0.825. The summed E-state index contributed by atoms with van der Waals surface area (Å²) in [6, 6.07) is 2.40. The Hall–Kier alpha value is -2.18. The van der Waals surface area contributed by atoms with E-state index in [1.165, 1.54) is 20.1 Å². The lowest BCUT2D eigenvalue weighted by molar-refractivity contribution is -0.385. The molecule has 0 aromatic heterocycles. The third-order valence-corrected chi connectivity index (χ3v) is 2.30. The van der Waals surface area contributed by atoms with Crippen LogP contribution in [0.1, 0.15) is 15.9 Å². The number of rotatable bonds is 5. The van der Waals surface area contributed by atoms with E-state index in [-0.39, 0.29) is 23.6 Å². The number of hydrogen-bond donors (Lipinski definition) is 0. The highest BCUT2D eigenvalue weighted by molar-refractivity contribution is 5.91. The maximum Gasteiger partial charge on any atom is 0.338 e. The van der Waals surface area contributed by atoms with E-state index < -0.39 is 17.6 Å². The van der Waals surface area contributed by atoms with Crippen molar-refractivity contribution in [2.45, 2.75) is 6.92 Å². The summed E-state index contributed by atoms with van der Waals surface area (Å²) in [5.41, 5.74) is 0.0173. The van der Waals surface area contributed by atoms with Crippen LogP contribution in [0.15, 0.2) is 12.1 Å². The summed E-state index contributed by atoms with van der Waals surface area (Å²) in [7, 11) is 1.34. The summed E-state index contributed by atoms with van der Waals surface area (Å²) in [5, 5.41) is 10.8. The van der Waals surface area contributed by atoms with Crippen LogP contribution in [0.2, 0.25) is 0 Å². The topological polar surface area (TPSA) is 78.7 Å². The normalized spacial score (nSPS) is 9.94. The van der Waals surface area contributed by atoms with E-state index in [0.29, 0.717) is 5.56 Å². The highest BCUT2D eigenvalue weighted by Gasteiger charge is 2.20. The minimum absolute atomic E-state index is 0.0439. The first-order chi connectivity index (χ1) is 8.51. The first kappa shape index (κ1) is 13.9. The Morgan fingerprint density at radius 3 is 2.67 bits per heavy atom. The number of ether oxygens (including phenoxy) is 2. The van der Waals surface area contributed by atoms with Crippen molar-refractivity contribution < 1.29 is 23.6 Å². The number of alkyl halides is 1. The Labute approximate surface area is 102 Å². The molecule has 0 fully saturated rings. The van der Waals surface area contributed by atoms with Gasteiger partial charge in [-0.05, 0) is 13.0 Å². The molecule has 98 valence electrons. The van der Waals surface area contributed by atoms with Crippen molar-refractivity contribution in [3.63, 3.8) is 0 Å². The van der Waals surface area contributed by atoms with Gasteiger partial charge in [0.15, 0.2) is 0 Å². The molecule has 0 aliphatic carbocycles. The minimum Gasteiger partial charge on any atom is -0.496 e. The average Bonchev–Trinajstić information content (AvgIpc) is 2.35. The van der Waals surface area contributed by atoms with Gasteiger partial charge in [-0.1, -0.05) is 0 Å². The second kappa shape index (κ2) is 5.95. The number of hydrogen-bond acceptors (Lipinski definition) is 5. The number of carbonyl (C=O) groups is 1. The lowest BCUT2D eigenvalue weighted by atomic mass is 10.1. The molecule has 0 amide bonds. The van der Waals surface area contributed by atoms with Crippen LogP contribution in [0.25, 0.3) is 0 Å². The fourth-order valence-electron chi connectivity index (χ4n) is 1.41. The van der Waals surface area contributed by atoms with Crippen molar-refractivity contribution >= 4 is 11.7 Å². The van der Waals surface area contributed by atoms with Gasteiger partial charge in [-0.2, -0.15) is 0 Å². The molecule has 6 nitrogen and oxygen atoms in total. The molecule has 0 heterocycles. The first-order valence-corrected chi connectivity index (χ1v) is 5.07. The van der Waals surface area contributed by atoms with Crippen LogP contribution in [0, 0.1) is 17.0 Å². The molecule has 0 unspecified atom stereocenters. The lowest BCUT2D eigenvalue weighted by Gasteiger charge is -2.08. The molecule has 0 aliphatic rings. The molecule has 0 atom stereocenters. The van der Waals surface area contributed by atoms with Crippen molar-refractivity contribution in [1.29, 1.82) is 0 Å². The first-order valence-electron chi connectivity index (χ1n) is 5.07. The van der Waals surface area contributed by atoms with Gasteiger partial charge in [0, 0.05) is 6.07 Å². The Balaban J connectivity index is 3.17. The number of methoxy groups -OCH3 is 1. The van der Waals surface area contributed by atoms with E-state index in [1.54, 1.807) is 0 Å². The number of halogens is 1. The summed E-state index contributed by atoms with van der Waals surface area (Å²) < 4.78 is 21.4. The molecule has 1 aromatic rings. The number of benzene rings is 1. The molecule has 0 saturated heterocycles. The van der Waals surface area contributed by atoms with Crippen LogP contribution in [-0.2, 0) is 4.74 Å². The van der Waals surface area contributed by atoms with Gasteiger partial charge in [0.1, 0.15) is 19.0 Å². The van der Waals surface area contributed by atoms with Gasteiger partial charge < -0.3 is 9.47 Å². The van der Waals surface area contributed by atoms with E-state index in [1.807, 2.05) is 0 Å². The van der Waals surface area contributed by atoms with Gasteiger partial charge in [-0.15, -0.1) is 0 Å². The summed E-state index contributed by atoms with van der Waals surface area (Å²) in [6.07, 6.45) is 0. The number of nitro benzene ring substituents is 1. The third-order valence-electron chi connectivity index (χ3n) is 2.30. The second-order valence-corrected chi connectivity index (χ2v) is 3.40. The van der Waals surface area contributed by atoms with Crippen LogP contribution in [0.5, 0.6) is 5.75 Å². The van der Waals surface area contributed by atoms with Gasteiger partial charge >= 0.3 is 5.97 Å². The van der Waals surface area contributed by atoms with Gasteiger partial charge in [-0.3, -0.25) is 10.1 Å². The summed E-state index contributed by atoms with van der Waals surface area (Å²) in [5.74, 6) is -0.620.